The van der Waals surface area contributed by atoms with Crippen LogP contribution in [0.5, 0.6) is 0 Å². The van der Waals surface area contributed by atoms with E-state index < -0.39 is 0 Å². The van der Waals surface area contributed by atoms with E-state index in [4.69, 9.17) is 4.74 Å². The van der Waals surface area contributed by atoms with Gasteiger partial charge in [0.15, 0.2) is 0 Å². The smallest absolute Gasteiger partial charge is 0.0561 e. The SMILES string of the molecule is CN[C@@H]1CCOC(C)C1. The molecule has 0 bridgehead atoms. The summed E-state index contributed by atoms with van der Waals surface area (Å²) in [6.07, 6.45) is 2.79. The average Bonchev–Trinajstić information content (AvgIpc) is 1.88. The molecule has 2 nitrogen and oxygen atoms in total. The van der Waals surface area contributed by atoms with Gasteiger partial charge in [0, 0.05) is 12.6 Å². The first kappa shape index (κ1) is 7.03. The molecule has 1 aliphatic rings. The highest BCUT2D eigenvalue weighted by atomic mass is 16.5. The van der Waals surface area contributed by atoms with Crippen molar-refractivity contribution in [2.75, 3.05) is 13.7 Å². The molecule has 1 unspecified atom stereocenters. The molecule has 1 saturated heterocycles. The van der Waals surface area contributed by atoms with E-state index in [0.717, 1.165) is 13.0 Å². The Labute approximate surface area is 56.6 Å². The van der Waals surface area contributed by atoms with E-state index in [-0.39, 0.29) is 0 Å². The summed E-state index contributed by atoms with van der Waals surface area (Å²) in [4.78, 5) is 0. The summed E-state index contributed by atoms with van der Waals surface area (Å²) in [6.45, 7) is 3.05. The first-order valence-electron chi connectivity index (χ1n) is 3.62. The van der Waals surface area contributed by atoms with Crippen molar-refractivity contribution in [1.82, 2.24) is 5.32 Å². The lowest BCUT2D eigenvalue weighted by atomic mass is 10.1. The molecule has 2 heteroatoms. The van der Waals surface area contributed by atoms with Crippen molar-refractivity contribution in [2.45, 2.75) is 31.9 Å². The summed E-state index contributed by atoms with van der Waals surface area (Å²) in [5.41, 5.74) is 0. The van der Waals surface area contributed by atoms with Crippen LogP contribution in [0.3, 0.4) is 0 Å². The van der Waals surface area contributed by atoms with Gasteiger partial charge >= 0.3 is 0 Å². The van der Waals surface area contributed by atoms with Gasteiger partial charge in [0.05, 0.1) is 6.10 Å². The third-order valence-corrected chi connectivity index (χ3v) is 1.89. The highest BCUT2D eigenvalue weighted by Crippen LogP contribution is 2.11. The Morgan fingerprint density at radius 3 is 2.78 bits per heavy atom. The van der Waals surface area contributed by atoms with Gasteiger partial charge in [-0.15, -0.1) is 0 Å². The van der Waals surface area contributed by atoms with Gasteiger partial charge in [-0.1, -0.05) is 0 Å². The third kappa shape index (κ3) is 1.95. The van der Waals surface area contributed by atoms with Crippen LogP contribution in [-0.4, -0.2) is 25.8 Å². The first-order valence-corrected chi connectivity index (χ1v) is 3.62. The highest BCUT2D eigenvalue weighted by molar-refractivity contribution is 4.72. The monoisotopic (exact) mass is 129 g/mol. The van der Waals surface area contributed by atoms with E-state index in [0.29, 0.717) is 12.1 Å². The van der Waals surface area contributed by atoms with Crippen LogP contribution < -0.4 is 5.32 Å². The lowest BCUT2D eigenvalue weighted by molar-refractivity contribution is 0.0147. The lowest BCUT2D eigenvalue weighted by Crippen LogP contribution is -2.35. The molecule has 54 valence electrons. The molecule has 0 aromatic heterocycles. The van der Waals surface area contributed by atoms with Gasteiger partial charge in [-0.25, -0.2) is 0 Å². The van der Waals surface area contributed by atoms with Crippen LogP contribution in [-0.2, 0) is 4.74 Å². The first-order chi connectivity index (χ1) is 4.33. The molecule has 2 atom stereocenters. The molecule has 1 heterocycles. The highest BCUT2D eigenvalue weighted by Gasteiger charge is 2.16. The topological polar surface area (TPSA) is 21.3 Å². The quantitative estimate of drug-likeness (QED) is 0.564. The molecule has 0 aromatic rings. The molecule has 1 fully saturated rings. The van der Waals surface area contributed by atoms with Crippen molar-refractivity contribution in [3.05, 3.63) is 0 Å². The standard InChI is InChI=1S/C7H15NO/c1-6-5-7(8-2)3-4-9-6/h6-8H,3-5H2,1-2H3/t6?,7-/m1/s1. The van der Waals surface area contributed by atoms with E-state index >= 15 is 0 Å². The average molecular weight is 129 g/mol. The molecule has 1 N–H and O–H groups in total. The number of hydrogen-bond acceptors (Lipinski definition) is 2. The van der Waals surface area contributed by atoms with Crippen LogP contribution in [0.15, 0.2) is 0 Å². The summed E-state index contributed by atoms with van der Waals surface area (Å²) >= 11 is 0. The molecule has 9 heavy (non-hydrogen) atoms. The normalized spacial score (nSPS) is 36.7. The summed E-state index contributed by atoms with van der Waals surface area (Å²) < 4.78 is 5.37. The fourth-order valence-corrected chi connectivity index (χ4v) is 1.26. The summed E-state index contributed by atoms with van der Waals surface area (Å²) in [7, 11) is 2.02. The zero-order valence-corrected chi connectivity index (χ0v) is 6.18. The maximum Gasteiger partial charge on any atom is 0.0561 e. The maximum absolute atomic E-state index is 5.37. The minimum Gasteiger partial charge on any atom is -0.378 e. The molecule has 0 amide bonds. The van der Waals surface area contributed by atoms with Crippen LogP contribution >= 0.6 is 0 Å². The predicted octanol–water partition coefficient (Wildman–Crippen LogP) is 0.773. The Kier molecular flexibility index (Phi) is 2.49. The Bertz CT molecular complexity index is 85.0. The number of hydrogen-bond donors (Lipinski definition) is 1. The van der Waals surface area contributed by atoms with E-state index in [1.165, 1.54) is 6.42 Å². The van der Waals surface area contributed by atoms with Crippen molar-refractivity contribution in [3.8, 4) is 0 Å². The zero-order valence-electron chi connectivity index (χ0n) is 6.18. The van der Waals surface area contributed by atoms with Crippen molar-refractivity contribution < 1.29 is 4.74 Å². The van der Waals surface area contributed by atoms with E-state index in [1.807, 2.05) is 7.05 Å². The van der Waals surface area contributed by atoms with Gasteiger partial charge in [0.1, 0.15) is 0 Å². The molecule has 0 saturated carbocycles. The minimum absolute atomic E-state index is 0.455. The van der Waals surface area contributed by atoms with Crippen LogP contribution in [0, 0.1) is 0 Å². The summed E-state index contributed by atoms with van der Waals surface area (Å²) in [6, 6.07) is 0.689. The molecule has 0 radical (unpaired) electrons. The second-order valence-electron chi connectivity index (χ2n) is 2.69. The van der Waals surface area contributed by atoms with E-state index in [9.17, 15) is 0 Å². The number of nitrogens with one attached hydrogen (secondary N) is 1. The van der Waals surface area contributed by atoms with Gasteiger partial charge in [-0.05, 0) is 26.8 Å². The van der Waals surface area contributed by atoms with Gasteiger partial charge < -0.3 is 10.1 Å². The number of rotatable bonds is 1. The van der Waals surface area contributed by atoms with Crippen LogP contribution in [0.2, 0.25) is 0 Å². The van der Waals surface area contributed by atoms with E-state index in [1.54, 1.807) is 0 Å². The molecule has 0 aromatic carbocycles. The van der Waals surface area contributed by atoms with E-state index in [2.05, 4.69) is 12.2 Å². The maximum atomic E-state index is 5.37. The van der Waals surface area contributed by atoms with Crippen molar-refractivity contribution in [3.63, 3.8) is 0 Å². The summed E-state index contributed by atoms with van der Waals surface area (Å²) in [5, 5.41) is 3.25. The summed E-state index contributed by atoms with van der Waals surface area (Å²) in [5.74, 6) is 0. The van der Waals surface area contributed by atoms with Gasteiger partial charge in [0.25, 0.3) is 0 Å². The van der Waals surface area contributed by atoms with Crippen LogP contribution in [0.25, 0.3) is 0 Å². The predicted molar refractivity (Wildman–Crippen MR) is 37.5 cm³/mol. The Morgan fingerprint density at radius 1 is 1.56 bits per heavy atom. The zero-order chi connectivity index (χ0) is 6.69. The Balaban J connectivity index is 2.23. The van der Waals surface area contributed by atoms with Gasteiger partial charge in [-0.3, -0.25) is 0 Å². The van der Waals surface area contributed by atoms with Crippen molar-refractivity contribution >= 4 is 0 Å². The lowest BCUT2D eigenvalue weighted by Gasteiger charge is -2.26. The largest absolute Gasteiger partial charge is 0.378 e. The Morgan fingerprint density at radius 2 is 2.33 bits per heavy atom. The van der Waals surface area contributed by atoms with Gasteiger partial charge in [-0.2, -0.15) is 0 Å². The van der Waals surface area contributed by atoms with Gasteiger partial charge in [0.2, 0.25) is 0 Å². The van der Waals surface area contributed by atoms with Crippen LogP contribution in [0.1, 0.15) is 19.8 Å². The van der Waals surface area contributed by atoms with Crippen molar-refractivity contribution in [1.29, 1.82) is 0 Å². The fraction of sp³-hybridized carbons (Fsp3) is 1.00. The molecule has 0 spiro atoms. The molecular weight excluding hydrogens is 114 g/mol. The minimum atomic E-state index is 0.455. The second kappa shape index (κ2) is 3.18. The van der Waals surface area contributed by atoms with Crippen LogP contribution in [0.4, 0.5) is 0 Å². The number of ether oxygens (including phenoxy) is 1. The third-order valence-electron chi connectivity index (χ3n) is 1.89. The van der Waals surface area contributed by atoms with Crippen molar-refractivity contribution in [2.24, 2.45) is 0 Å². The second-order valence-corrected chi connectivity index (χ2v) is 2.69. The fourth-order valence-electron chi connectivity index (χ4n) is 1.26. The molecule has 0 aliphatic carbocycles. The molecule has 1 aliphatic heterocycles. The molecule has 1 rings (SSSR count). The molecular formula is C7H15NO. The Hall–Kier alpha value is -0.0800.